The van der Waals surface area contributed by atoms with Crippen LogP contribution in [0.1, 0.15) is 50.5 Å². The monoisotopic (exact) mass is 480 g/mol. The van der Waals surface area contributed by atoms with Gasteiger partial charge in [0.15, 0.2) is 5.78 Å². The Labute approximate surface area is 209 Å². The molecule has 7 heteroatoms. The minimum Gasteiger partial charge on any atom is -0.493 e. The van der Waals surface area contributed by atoms with Crippen molar-refractivity contribution >= 4 is 33.1 Å². The predicted molar refractivity (Wildman–Crippen MR) is 139 cm³/mol. The van der Waals surface area contributed by atoms with E-state index in [9.17, 15) is 4.79 Å². The zero-order valence-corrected chi connectivity index (χ0v) is 21.1. The van der Waals surface area contributed by atoms with Gasteiger partial charge in [-0.3, -0.25) is 9.78 Å². The molecule has 182 valence electrons. The number of benzene rings is 2. The van der Waals surface area contributed by atoms with Crippen LogP contribution in [0.4, 0.5) is 0 Å². The Morgan fingerprint density at radius 3 is 2.78 bits per heavy atom. The SMILES string of the molecule is CC(=O)[C@@H](OC(C)(C)C)c1c(C)cc2c(ccc3cnnn32)c1-c1ccc2c3c(ccnc13)CCO2. The summed E-state index contributed by atoms with van der Waals surface area (Å²) in [6.45, 7) is 10.2. The summed E-state index contributed by atoms with van der Waals surface area (Å²) in [5, 5.41) is 10.4. The number of aryl methyl sites for hydroxylation is 1. The van der Waals surface area contributed by atoms with Crippen LogP contribution in [0.2, 0.25) is 0 Å². The third-order valence-corrected chi connectivity index (χ3v) is 6.76. The first-order valence-electron chi connectivity index (χ1n) is 12.2. The van der Waals surface area contributed by atoms with Gasteiger partial charge >= 0.3 is 0 Å². The van der Waals surface area contributed by atoms with Gasteiger partial charge in [-0.05, 0) is 93.3 Å². The molecule has 0 spiro atoms. The summed E-state index contributed by atoms with van der Waals surface area (Å²) in [6, 6.07) is 12.3. The molecule has 6 rings (SSSR count). The van der Waals surface area contributed by atoms with Crippen LogP contribution in [-0.4, -0.2) is 37.8 Å². The Bertz CT molecular complexity index is 1670. The molecule has 1 atom stereocenters. The number of hydrogen-bond donors (Lipinski definition) is 0. The number of carbonyl (C=O) groups excluding carboxylic acids is 1. The zero-order chi connectivity index (χ0) is 25.2. The summed E-state index contributed by atoms with van der Waals surface area (Å²) in [5.41, 5.74) is 7.03. The van der Waals surface area contributed by atoms with Crippen molar-refractivity contribution in [3.63, 3.8) is 0 Å². The molecule has 0 unspecified atom stereocenters. The van der Waals surface area contributed by atoms with Gasteiger partial charge in [0.2, 0.25) is 0 Å². The number of hydrogen-bond acceptors (Lipinski definition) is 6. The van der Waals surface area contributed by atoms with E-state index in [1.807, 2.05) is 50.5 Å². The third kappa shape index (κ3) is 3.54. The molecule has 1 aliphatic heterocycles. The van der Waals surface area contributed by atoms with E-state index in [2.05, 4.69) is 34.6 Å². The maximum atomic E-state index is 13.1. The molecule has 0 N–H and O–H groups in total. The summed E-state index contributed by atoms with van der Waals surface area (Å²) in [4.78, 5) is 17.9. The van der Waals surface area contributed by atoms with Gasteiger partial charge in [-0.25, -0.2) is 4.52 Å². The van der Waals surface area contributed by atoms with Gasteiger partial charge in [-0.1, -0.05) is 5.21 Å². The van der Waals surface area contributed by atoms with Crippen molar-refractivity contribution in [2.75, 3.05) is 6.61 Å². The third-order valence-electron chi connectivity index (χ3n) is 6.76. The summed E-state index contributed by atoms with van der Waals surface area (Å²) in [7, 11) is 0. The van der Waals surface area contributed by atoms with Crippen molar-refractivity contribution in [3.05, 3.63) is 65.5 Å². The largest absolute Gasteiger partial charge is 0.493 e. The van der Waals surface area contributed by atoms with Crippen LogP contribution in [0.25, 0.3) is 38.4 Å². The van der Waals surface area contributed by atoms with Crippen LogP contribution in [0.15, 0.2) is 48.8 Å². The van der Waals surface area contributed by atoms with Gasteiger partial charge in [0.05, 0.1) is 35.0 Å². The van der Waals surface area contributed by atoms with Crippen LogP contribution < -0.4 is 4.74 Å². The first-order valence-corrected chi connectivity index (χ1v) is 12.2. The first kappa shape index (κ1) is 22.6. The van der Waals surface area contributed by atoms with E-state index in [-0.39, 0.29) is 5.78 Å². The molecule has 7 nitrogen and oxygen atoms in total. The molecule has 0 bridgehead atoms. The van der Waals surface area contributed by atoms with Crippen molar-refractivity contribution in [2.45, 2.75) is 52.7 Å². The highest BCUT2D eigenvalue weighted by Gasteiger charge is 2.31. The Kier molecular flexibility index (Phi) is 5.09. The minimum atomic E-state index is -0.738. The van der Waals surface area contributed by atoms with E-state index < -0.39 is 11.7 Å². The summed E-state index contributed by atoms with van der Waals surface area (Å²) >= 11 is 0. The Balaban J connectivity index is 1.77. The second-order valence-electron chi connectivity index (χ2n) is 10.4. The highest BCUT2D eigenvalue weighted by molar-refractivity contribution is 6.08. The molecule has 1 aliphatic rings. The normalized spacial score (nSPS) is 14.4. The molecule has 3 aromatic heterocycles. The fraction of sp³-hybridized carbons (Fsp3) is 0.310. The number of nitrogens with zero attached hydrogens (tertiary/aromatic N) is 4. The number of ether oxygens (including phenoxy) is 2. The molecule has 0 saturated carbocycles. The summed E-state index contributed by atoms with van der Waals surface area (Å²) < 4.78 is 14.2. The van der Waals surface area contributed by atoms with E-state index >= 15 is 0 Å². The topological polar surface area (TPSA) is 78.6 Å². The minimum absolute atomic E-state index is 0.0468. The molecule has 0 aliphatic carbocycles. The number of fused-ring (bicyclic) bond motifs is 3. The second kappa shape index (κ2) is 8.10. The lowest BCUT2D eigenvalue weighted by atomic mass is 9.85. The van der Waals surface area contributed by atoms with Gasteiger partial charge in [-0.15, -0.1) is 5.10 Å². The van der Waals surface area contributed by atoms with Crippen LogP contribution in [0, 0.1) is 6.92 Å². The predicted octanol–water partition coefficient (Wildman–Crippen LogP) is 5.79. The summed E-state index contributed by atoms with van der Waals surface area (Å²) in [5.74, 6) is 0.795. The molecule has 2 aromatic carbocycles. The van der Waals surface area contributed by atoms with E-state index in [0.29, 0.717) is 6.61 Å². The number of rotatable bonds is 4. The van der Waals surface area contributed by atoms with E-state index in [1.54, 1.807) is 13.1 Å². The smallest absolute Gasteiger partial charge is 0.163 e. The molecule has 0 saturated heterocycles. The Morgan fingerprint density at radius 2 is 2.00 bits per heavy atom. The quantitative estimate of drug-likeness (QED) is 0.324. The average Bonchev–Trinajstić information content (AvgIpc) is 3.32. The van der Waals surface area contributed by atoms with E-state index in [1.165, 1.54) is 5.56 Å². The lowest BCUT2D eigenvalue weighted by Crippen LogP contribution is -2.27. The highest BCUT2D eigenvalue weighted by atomic mass is 16.5. The van der Waals surface area contributed by atoms with Gasteiger partial charge < -0.3 is 9.47 Å². The average molecular weight is 481 g/mol. The highest BCUT2D eigenvalue weighted by Crippen LogP contribution is 2.45. The van der Waals surface area contributed by atoms with Gasteiger partial charge in [0, 0.05) is 29.0 Å². The number of Topliss-reactive ketones (excluding diaryl/α,β-unsaturated/α-hetero) is 1. The fourth-order valence-electron chi connectivity index (χ4n) is 5.32. The molecular weight excluding hydrogens is 452 g/mol. The van der Waals surface area contributed by atoms with Crippen molar-refractivity contribution in [1.82, 2.24) is 19.8 Å². The molecule has 4 heterocycles. The Morgan fingerprint density at radius 1 is 1.17 bits per heavy atom. The summed E-state index contributed by atoms with van der Waals surface area (Å²) in [6.07, 6.45) is 3.69. The van der Waals surface area contributed by atoms with Crippen molar-refractivity contribution in [3.8, 4) is 16.9 Å². The molecule has 0 amide bonds. The van der Waals surface area contributed by atoms with Crippen molar-refractivity contribution < 1.29 is 14.3 Å². The van der Waals surface area contributed by atoms with Crippen LogP contribution in [0.3, 0.4) is 0 Å². The molecule has 0 fully saturated rings. The maximum Gasteiger partial charge on any atom is 0.163 e. The van der Waals surface area contributed by atoms with Crippen LogP contribution in [0.5, 0.6) is 5.75 Å². The maximum absolute atomic E-state index is 13.1. The lowest BCUT2D eigenvalue weighted by molar-refractivity contribution is -0.138. The Hall–Kier alpha value is -3.84. The zero-order valence-electron chi connectivity index (χ0n) is 21.1. The second-order valence-corrected chi connectivity index (χ2v) is 10.4. The number of aromatic nitrogens is 4. The lowest BCUT2D eigenvalue weighted by Gasteiger charge is -2.30. The van der Waals surface area contributed by atoms with Gasteiger partial charge in [-0.2, -0.15) is 0 Å². The van der Waals surface area contributed by atoms with Gasteiger partial charge in [0.1, 0.15) is 11.9 Å². The van der Waals surface area contributed by atoms with Crippen LogP contribution in [-0.2, 0) is 16.0 Å². The number of pyridine rings is 2. The fourth-order valence-corrected chi connectivity index (χ4v) is 5.32. The van der Waals surface area contributed by atoms with Crippen LogP contribution >= 0.6 is 0 Å². The number of ketones is 1. The molecule has 36 heavy (non-hydrogen) atoms. The van der Waals surface area contributed by atoms with Crippen molar-refractivity contribution in [1.29, 1.82) is 0 Å². The molecule has 0 radical (unpaired) electrons. The number of carbonyl (C=O) groups is 1. The molecule has 5 aromatic rings. The molecular formula is C29H28N4O3. The first-order chi connectivity index (χ1) is 17.2. The van der Waals surface area contributed by atoms with Crippen molar-refractivity contribution in [2.24, 2.45) is 0 Å². The van der Waals surface area contributed by atoms with Gasteiger partial charge in [0.25, 0.3) is 0 Å². The van der Waals surface area contributed by atoms with E-state index in [4.69, 9.17) is 14.5 Å². The van der Waals surface area contributed by atoms with E-state index in [0.717, 1.165) is 61.7 Å². The standard InChI is InChI=1S/C29H28N4O3/c1-16-14-22-20(7-6-19-15-31-32-33(19)22)26(24(16)28(17(2)34)36-29(3,4)5)21-8-9-23-25-18(11-13-35-23)10-12-30-27(21)25/h6-10,12,14-15,28H,11,13H2,1-5H3/t28-/m1/s1.